The first-order valence-corrected chi connectivity index (χ1v) is 7.09. The maximum Gasteiger partial charge on any atom is 0.311 e. The molecule has 7 heteroatoms. The fourth-order valence-electron chi connectivity index (χ4n) is 2.71. The van der Waals surface area contributed by atoms with E-state index in [9.17, 15) is 9.59 Å². The summed E-state index contributed by atoms with van der Waals surface area (Å²) >= 11 is 0. The van der Waals surface area contributed by atoms with Crippen LogP contribution in [-0.2, 0) is 14.3 Å². The lowest BCUT2D eigenvalue weighted by Crippen LogP contribution is -2.48. The standard InChI is InChI=1S/C13H23N3O4/c1-15(11-9-20-8-10(11)13(18)19)12(17)7-16-5-2-3-14-4-6-16/h10-11,14H,2-9H2,1H3,(H,18,19). The molecule has 2 aliphatic heterocycles. The number of carbonyl (C=O) groups is 2. The Labute approximate surface area is 118 Å². The number of aliphatic carboxylic acids is 1. The molecule has 2 rings (SSSR count). The molecule has 0 saturated carbocycles. The molecule has 2 aliphatic rings. The van der Waals surface area contributed by atoms with Crippen molar-refractivity contribution in [1.82, 2.24) is 15.1 Å². The van der Waals surface area contributed by atoms with Gasteiger partial charge in [0.1, 0.15) is 5.92 Å². The van der Waals surface area contributed by atoms with E-state index >= 15 is 0 Å². The van der Waals surface area contributed by atoms with Gasteiger partial charge in [-0.15, -0.1) is 0 Å². The average molecular weight is 285 g/mol. The Morgan fingerprint density at radius 3 is 2.90 bits per heavy atom. The summed E-state index contributed by atoms with van der Waals surface area (Å²) in [4.78, 5) is 27.1. The van der Waals surface area contributed by atoms with Gasteiger partial charge in [-0.3, -0.25) is 14.5 Å². The maximum atomic E-state index is 12.3. The normalized spacial score (nSPS) is 28.1. The third-order valence-electron chi connectivity index (χ3n) is 4.05. The molecule has 2 saturated heterocycles. The first kappa shape index (κ1) is 15.2. The first-order chi connectivity index (χ1) is 9.59. The minimum absolute atomic E-state index is 0.0337. The number of nitrogens with zero attached hydrogens (tertiary/aromatic N) is 2. The van der Waals surface area contributed by atoms with Crippen LogP contribution >= 0.6 is 0 Å². The Morgan fingerprint density at radius 2 is 2.15 bits per heavy atom. The molecule has 7 nitrogen and oxygen atoms in total. The zero-order chi connectivity index (χ0) is 14.5. The molecule has 0 radical (unpaired) electrons. The van der Waals surface area contributed by atoms with Crippen molar-refractivity contribution in [2.45, 2.75) is 12.5 Å². The van der Waals surface area contributed by atoms with E-state index in [0.717, 1.165) is 32.6 Å². The largest absolute Gasteiger partial charge is 0.481 e. The smallest absolute Gasteiger partial charge is 0.311 e. The van der Waals surface area contributed by atoms with Gasteiger partial charge in [0.2, 0.25) is 5.91 Å². The number of ether oxygens (including phenoxy) is 1. The number of carboxylic acids is 1. The average Bonchev–Trinajstić information content (AvgIpc) is 2.77. The fraction of sp³-hybridized carbons (Fsp3) is 0.846. The van der Waals surface area contributed by atoms with Crippen LogP contribution in [0.3, 0.4) is 0 Å². The van der Waals surface area contributed by atoms with E-state index in [0.29, 0.717) is 13.2 Å². The summed E-state index contributed by atoms with van der Waals surface area (Å²) in [6.45, 7) is 4.46. The summed E-state index contributed by atoms with van der Waals surface area (Å²) in [6.07, 6.45) is 1.03. The van der Waals surface area contributed by atoms with E-state index < -0.39 is 11.9 Å². The SMILES string of the molecule is CN(C(=O)CN1CCCNCC1)C1COCC1C(=O)O. The minimum atomic E-state index is -0.897. The summed E-state index contributed by atoms with van der Waals surface area (Å²) in [5.74, 6) is -1.55. The van der Waals surface area contributed by atoms with Crippen molar-refractivity contribution in [2.24, 2.45) is 5.92 Å². The number of likely N-dealkylation sites (N-methyl/N-ethyl adjacent to an activating group) is 1. The molecule has 0 aromatic carbocycles. The van der Waals surface area contributed by atoms with Crippen molar-refractivity contribution < 1.29 is 19.4 Å². The zero-order valence-electron chi connectivity index (χ0n) is 11.9. The van der Waals surface area contributed by atoms with Crippen LogP contribution in [0.2, 0.25) is 0 Å². The lowest BCUT2D eigenvalue weighted by molar-refractivity contribution is -0.144. The minimum Gasteiger partial charge on any atom is -0.481 e. The van der Waals surface area contributed by atoms with Gasteiger partial charge in [0.05, 0.1) is 25.8 Å². The summed E-state index contributed by atoms with van der Waals surface area (Å²) in [5, 5.41) is 12.4. The van der Waals surface area contributed by atoms with Crippen molar-refractivity contribution in [3.05, 3.63) is 0 Å². The Balaban J connectivity index is 1.89. The van der Waals surface area contributed by atoms with E-state index in [1.54, 1.807) is 11.9 Å². The second-order valence-corrected chi connectivity index (χ2v) is 5.43. The van der Waals surface area contributed by atoms with Gasteiger partial charge in [0.15, 0.2) is 0 Å². The molecule has 20 heavy (non-hydrogen) atoms. The number of hydrogen-bond acceptors (Lipinski definition) is 5. The van der Waals surface area contributed by atoms with Crippen LogP contribution in [0.15, 0.2) is 0 Å². The summed E-state index contributed by atoms with van der Waals surface area (Å²) in [5.41, 5.74) is 0. The molecule has 2 atom stereocenters. The van der Waals surface area contributed by atoms with Gasteiger partial charge in [0, 0.05) is 20.1 Å². The molecule has 114 valence electrons. The van der Waals surface area contributed by atoms with Crippen LogP contribution in [0, 0.1) is 5.92 Å². The summed E-state index contributed by atoms with van der Waals surface area (Å²) in [7, 11) is 1.67. The monoisotopic (exact) mass is 285 g/mol. The van der Waals surface area contributed by atoms with Gasteiger partial charge < -0.3 is 20.1 Å². The van der Waals surface area contributed by atoms with Gasteiger partial charge >= 0.3 is 5.97 Å². The maximum absolute atomic E-state index is 12.3. The number of carboxylic acid groups (broad SMARTS) is 1. The van der Waals surface area contributed by atoms with Gasteiger partial charge in [-0.1, -0.05) is 0 Å². The van der Waals surface area contributed by atoms with Gasteiger partial charge in [-0.05, 0) is 19.5 Å². The highest BCUT2D eigenvalue weighted by Gasteiger charge is 2.38. The van der Waals surface area contributed by atoms with Crippen molar-refractivity contribution in [3.63, 3.8) is 0 Å². The van der Waals surface area contributed by atoms with Crippen LogP contribution < -0.4 is 5.32 Å². The summed E-state index contributed by atoms with van der Waals surface area (Å²) in [6, 6.07) is -0.356. The highest BCUT2D eigenvalue weighted by molar-refractivity contribution is 5.80. The van der Waals surface area contributed by atoms with Crippen LogP contribution in [0.4, 0.5) is 0 Å². The van der Waals surface area contributed by atoms with Gasteiger partial charge in [0.25, 0.3) is 0 Å². The quantitative estimate of drug-likeness (QED) is 0.678. The zero-order valence-corrected chi connectivity index (χ0v) is 11.9. The van der Waals surface area contributed by atoms with E-state index in [4.69, 9.17) is 9.84 Å². The second-order valence-electron chi connectivity index (χ2n) is 5.43. The van der Waals surface area contributed by atoms with Gasteiger partial charge in [-0.2, -0.15) is 0 Å². The summed E-state index contributed by atoms with van der Waals surface area (Å²) < 4.78 is 5.21. The number of carbonyl (C=O) groups excluding carboxylic acids is 1. The molecular formula is C13H23N3O4. The Kier molecular flexibility index (Phi) is 5.33. The molecule has 2 unspecified atom stereocenters. The molecule has 0 aliphatic carbocycles. The number of rotatable bonds is 4. The lowest BCUT2D eigenvalue weighted by atomic mass is 10.0. The van der Waals surface area contributed by atoms with Crippen molar-refractivity contribution in [3.8, 4) is 0 Å². The molecule has 2 heterocycles. The number of hydrogen-bond donors (Lipinski definition) is 2. The Morgan fingerprint density at radius 1 is 1.35 bits per heavy atom. The highest BCUT2D eigenvalue weighted by atomic mass is 16.5. The number of nitrogens with one attached hydrogen (secondary N) is 1. The predicted octanol–water partition coefficient (Wildman–Crippen LogP) is -1.16. The third kappa shape index (κ3) is 3.68. The Bertz CT molecular complexity index is 356. The van der Waals surface area contributed by atoms with Crippen molar-refractivity contribution in [2.75, 3.05) is 53.0 Å². The molecule has 0 aromatic heterocycles. The molecule has 0 bridgehead atoms. The van der Waals surface area contributed by atoms with Gasteiger partial charge in [-0.25, -0.2) is 0 Å². The topological polar surface area (TPSA) is 82.1 Å². The molecule has 0 aromatic rings. The van der Waals surface area contributed by atoms with Crippen LogP contribution in [0.25, 0.3) is 0 Å². The lowest BCUT2D eigenvalue weighted by Gasteiger charge is -2.29. The fourth-order valence-corrected chi connectivity index (χ4v) is 2.71. The molecular weight excluding hydrogens is 262 g/mol. The molecule has 0 spiro atoms. The van der Waals surface area contributed by atoms with Crippen LogP contribution in [-0.4, -0.2) is 85.8 Å². The molecule has 2 N–H and O–H groups in total. The number of amides is 1. The van der Waals surface area contributed by atoms with E-state index in [1.807, 2.05) is 0 Å². The van der Waals surface area contributed by atoms with E-state index in [1.165, 1.54) is 0 Å². The Hall–Kier alpha value is -1.18. The molecule has 1 amide bonds. The first-order valence-electron chi connectivity index (χ1n) is 7.09. The van der Waals surface area contributed by atoms with Crippen LogP contribution in [0.1, 0.15) is 6.42 Å². The highest BCUT2D eigenvalue weighted by Crippen LogP contribution is 2.19. The predicted molar refractivity (Wildman–Crippen MR) is 72.4 cm³/mol. The molecule has 2 fully saturated rings. The van der Waals surface area contributed by atoms with E-state index in [-0.39, 0.29) is 18.6 Å². The third-order valence-corrected chi connectivity index (χ3v) is 4.05. The van der Waals surface area contributed by atoms with E-state index in [2.05, 4.69) is 10.2 Å². The van der Waals surface area contributed by atoms with Crippen LogP contribution in [0.5, 0.6) is 0 Å². The van der Waals surface area contributed by atoms with Crippen molar-refractivity contribution >= 4 is 11.9 Å². The van der Waals surface area contributed by atoms with Crippen molar-refractivity contribution in [1.29, 1.82) is 0 Å². The second kappa shape index (κ2) is 7.01.